The number of hydrogen-bond donors (Lipinski definition) is 1. The van der Waals surface area contributed by atoms with Crippen LogP contribution >= 0.6 is 20.4 Å². The van der Waals surface area contributed by atoms with Crippen molar-refractivity contribution in [3.8, 4) is 0 Å². The van der Waals surface area contributed by atoms with Gasteiger partial charge in [0, 0.05) is 9.79 Å². The third kappa shape index (κ3) is 5.08. The van der Waals surface area contributed by atoms with Gasteiger partial charge in [-0.1, -0.05) is 48.2 Å². The van der Waals surface area contributed by atoms with Gasteiger partial charge in [0.05, 0.1) is 0 Å². The first-order valence-corrected chi connectivity index (χ1v) is 6.33. The van der Waals surface area contributed by atoms with Gasteiger partial charge in [-0.3, -0.25) is 0 Å². The summed E-state index contributed by atoms with van der Waals surface area (Å²) < 4.78 is 8.51. The van der Waals surface area contributed by atoms with E-state index in [1.54, 1.807) is 11.8 Å². The molecule has 0 aliphatic carbocycles. The van der Waals surface area contributed by atoms with Gasteiger partial charge in [0.15, 0.2) is 0 Å². The molecule has 0 saturated heterocycles. The number of hydrogen-bond acceptors (Lipinski definition) is 2. The molecule has 0 aliphatic rings. The summed E-state index contributed by atoms with van der Waals surface area (Å²) in [6.07, 6.45) is 0. The van der Waals surface area contributed by atoms with E-state index in [4.69, 9.17) is 9.46 Å². The maximum atomic E-state index is 8.51. The Hall–Kier alpha value is -1.15. The molecule has 0 radical (unpaired) electrons. The second-order valence-electron chi connectivity index (χ2n) is 2.82. The van der Waals surface area contributed by atoms with Crippen LogP contribution in [0.2, 0.25) is 0 Å². The first-order chi connectivity index (χ1) is 7.86. The smallest absolute Gasteiger partial charge is 0.162 e. The van der Waals surface area contributed by atoms with Gasteiger partial charge in [-0.2, -0.15) is 4.89 Å². The molecule has 82 valence electrons. The molecule has 0 aliphatic heterocycles. The summed E-state index contributed by atoms with van der Waals surface area (Å²) in [6, 6.07) is 20.8. The normalized spacial score (nSPS) is 9.31. The van der Waals surface area contributed by atoms with E-state index in [1.807, 2.05) is 12.1 Å². The third-order valence-corrected chi connectivity index (χ3v) is 2.74. The lowest BCUT2D eigenvalue weighted by atomic mass is 10.4. The maximum absolute atomic E-state index is 8.51. The zero-order valence-corrected chi connectivity index (χ0v) is 10.4. The van der Waals surface area contributed by atoms with E-state index in [0.717, 1.165) is 0 Å². The minimum atomic E-state index is -1.17. The molecule has 1 N–H and O–H groups in total. The van der Waals surface area contributed by atoms with Crippen molar-refractivity contribution in [1.29, 1.82) is 0 Å². The molecule has 1 unspecified atom stereocenters. The predicted octanol–water partition coefficient (Wildman–Crippen LogP) is 3.76. The van der Waals surface area contributed by atoms with Crippen molar-refractivity contribution in [2.75, 3.05) is 0 Å². The lowest BCUT2D eigenvalue weighted by molar-refractivity contribution is 0.524. The van der Waals surface area contributed by atoms with Crippen LogP contribution in [0.25, 0.3) is 0 Å². The molecule has 0 heterocycles. The SMILES string of the molecule is O=[PH+]O.c1ccc(Sc2ccccc2)cc1. The van der Waals surface area contributed by atoms with Crippen molar-refractivity contribution in [3.05, 3.63) is 60.7 Å². The van der Waals surface area contributed by atoms with E-state index in [1.165, 1.54) is 9.79 Å². The van der Waals surface area contributed by atoms with Crippen molar-refractivity contribution in [1.82, 2.24) is 0 Å². The lowest BCUT2D eigenvalue weighted by Gasteiger charge is -1.99. The molecule has 0 bridgehead atoms. The molecule has 2 nitrogen and oxygen atoms in total. The Kier molecular flexibility index (Phi) is 6.50. The van der Waals surface area contributed by atoms with Crippen molar-refractivity contribution >= 4 is 20.4 Å². The highest BCUT2D eigenvalue weighted by Crippen LogP contribution is 2.26. The van der Waals surface area contributed by atoms with Crippen LogP contribution in [0.15, 0.2) is 70.5 Å². The van der Waals surface area contributed by atoms with Gasteiger partial charge >= 0.3 is 8.69 Å². The molecule has 0 fully saturated rings. The van der Waals surface area contributed by atoms with Gasteiger partial charge in [0.25, 0.3) is 0 Å². The molecule has 2 aromatic carbocycles. The zero-order valence-electron chi connectivity index (χ0n) is 8.54. The highest BCUT2D eigenvalue weighted by Gasteiger charge is 1.93. The molecule has 0 aromatic heterocycles. The summed E-state index contributed by atoms with van der Waals surface area (Å²) in [4.78, 5) is 9.61. The monoisotopic (exact) mass is 251 g/mol. The van der Waals surface area contributed by atoms with E-state index in [0.29, 0.717) is 0 Å². The minimum absolute atomic E-state index is 1.17. The van der Waals surface area contributed by atoms with Crippen molar-refractivity contribution < 1.29 is 9.46 Å². The Morgan fingerprint density at radius 2 is 1.12 bits per heavy atom. The number of rotatable bonds is 2. The Labute approximate surface area is 101 Å². The molecule has 2 aromatic rings. The Balaban J connectivity index is 0.000000386. The Morgan fingerprint density at radius 3 is 1.44 bits per heavy atom. The van der Waals surface area contributed by atoms with E-state index < -0.39 is 8.69 Å². The second kappa shape index (κ2) is 8.05. The van der Waals surface area contributed by atoms with Crippen molar-refractivity contribution in [2.24, 2.45) is 0 Å². The summed E-state index contributed by atoms with van der Waals surface area (Å²) in [5, 5.41) is 0. The fourth-order valence-electron chi connectivity index (χ4n) is 1.11. The van der Waals surface area contributed by atoms with Gasteiger partial charge in [-0.05, 0) is 28.8 Å². The number of benzene rings is 2. The summed E-state index contributed by atoms with van der Waals surface area (Å²) in [5.74, 6) is 0. The second-order valence-corrected chi connectivity index (χ2v) is 4.15. The first kappa shape index (κ1) is 12.9. The van der Waals surface area contributed by atoms with Crippen LogP contribution < -0.4 is 0 Å². The highest BCUT2D eigenvalue weighted by atomic mass is 32.2. The molecule has 2 rings (SSSR count). The molecule has 0 spiro atoms. The van der Waals surface area contributed by atoms with E-state index >= 15 is 0 Å². The first-order valence-electron chi connectivity index (χ1n) is 4.66. The molecule has 0 saturated carbocycles. The fraction of sp³-hybridized carbons (Fsp3) is 0. The van der Waals surface area contributed by atoms with E-state index in [-0.39, 0.29) is 0 Å². The maximum Gasteiger partial charge on any atom is 0.491 e. The van der Waals surface area contributed by atoms with Gasteiger partial charge in [-0.15, -0.1) is 0 Å². The molecule has 16 heavy (non-hydrogen) atoms. The van der Waals surface area contributed by atoms with Crippen LogP contribution in [0.3, 0.4) is 0 Å². The quantitative estimate of drug-likeness (QED) is 0.826. The van der Waals surface area contributed by atoms with Crippen LogP contribution in [0.5, 0.6) is 0 Å². The van der Waals surface area contributed by atoms with Gasteiger partial charge in [0.2, 0.25) is 0 Å². The molecule has 0 amide bonds. The van der Waals surface area contributed by atoms with E-state index in [9.17, 15) is 0 Å². The predicted molar refractivity (Wildman–Crippen MR) is 68.2 cm³/mol. The van der Waals surface area contributed by atoms with Gasteiger partial charge in [0.1, 0.15) is 0 Å². The zero-order chi connectivity index (χ0) is 11.6. The van der Waals surface area contributed by atoms with E-state index in [2.05, 4.69) is 48.5 Å². The van der Waals surface area contributed by atoms with Crippen LogP contribution in [-0.4, -0.2) is 4.89 Å². The lowest BCUT2D eigenvalue weighted by Crippen LogP contribution is -1.70. The summed E-state index contributed by atoms with van der Waals surface area (Å²) in [7, 11) is -1.17. The Bertz CT molecular complexity index is 368. The molecular weight excluding hydrogens is 239 g/mol. The topological polar surface area (TPSA) is 37.3 Å². The molecular formula is C12H12O2PS+. The summed E-state index contributed by atoms with van der Waals surface area (Å²) in [6.45, 7) is 0. The standard InChI is InChI=1S/C12H10S.HO2P/c1-3-7-11(8-4-1)13-12-9-5-2-6-10-12;1-3-2/h1-10H;3H/p+1. The van der Waals surface area contributed by atoms with Crippen LogP contribution in [0.1, 0.15) is 0 Å². The summed E-state index contributed by atoms with van der Waals surface area (Å²) >= 11 is 1.79. The van der Waals surface area contributed by atoms with Crippen LogP contribution in [-0.2, 0) is 4.57 Å². The van der Waals surface area contributed by atoms with Gasteiger partial charge < -0.3 is 0 Å². The van der Waals surface area contributed by atoms with Crippen molar-refractivity contribution in [2.45, 2.75) is 9.79 Å². The molecule has 1 atom stereocenters. The average Bonchev–Trinajstić information content (AvgIpc) is 2.33. The minimum Gasteiger partial charge on any atom is -0.162 e. The third-order valence-electron chi connectivity index (χ3n) is 1.72. The molecule has 4 heteroatoms. The Morgan fingerprint density at radius 1 is 0.812 bits per heavy atom. The van der Waals surface area contributed by atoms with Crippen LogP contribution in [0, 0.1) is 0 Å². The highest BCUT2D eigenvalue weighted by molar-refractivity contribution is 7.99. The van der Waals surface area contributed by atoms with Crippen LogP contribution in [0.4, 0.5) is 0 Å². The summed E-state index contributed by atoms with van der Waals surface area (Å²) in [5.41, 5.74) is 0. The van der Waals surface area contributed by atoms with Gasteiger partial charge in [-0.25, -0.2) is 0 Å². The average molecular weight is 251 g/mol. The van der Waals surface area contributed by atoms with Crippen molar-refractivity contribution in [3.63, 3.8) is 0 Å². The fourth-order valence-corrected chi connectivity index (χ4v) is 1.97. The largest absolute Gasteiger partial charge is 0.491 e.